The number of halogens is 1. The Bertz CT molecular complexity index is 588. The molecular formula is C12H15ClN2O3S. The fourth-order valence-corrected chi connectivity index (χ4v) is 4.15. The van der Waals surface area contributed by atoms with Crippen molar-refractivity contribution in [2.24, 2.45) is 0 Å². The van der Waals surface area contributed by atoms with Crippen LogP contribution >= 0.6 is 11.6 Å². The zero-order chi connectivity index (χ0) is 14.0. The highest BCUT2D eigenvalue weighted by molar-refractivity contribution is 7.89. The summed E-state index contributed by atoms with van der Waals surface area (Å²) in [6, 6.07) is 5.52. The number of amides is 1. The molecule has 1 N–H and O–H groups in total. The van der Waals surface area contributed by atoms with E-state index in [1.54, 1.807) is 19.1 Å². The molecule has 1 aliphatic heterocycles. The molecule has 0 radical (unpaired) electrons. The molecule has 0 aliphatic carbocycles. The average molecular weight is 303 g/mol. The van der Waals surface area contributed by atoms with Crippen molar-refractivity contribution in [2.75, 3.05) is 13.1 Å². The molecule has 1 amide bonds. The summed E-state index contributed by atoms with van der Waals surface area (Å²) in [7, 11) is -3.76. The molecule has 1 fully saturated rings. The van der Waals surface area contributed by atoms with Crippen LogP contribution in [0.2, 0.25) is 5.02 Å². The van der Waals surface area contributed by atoms with Crippen LogP contribution < -0.4 is 5.32 Å². The first-order valence-electron chi connectivity index (χ1n) is 5.98. The van der Waals surface area contributed by atoms with Crippen LogP contribution in [0.5, 0.6) is 0 Å². The topological polar surface area (TPSA) is 66.5 Å². The molecule has 1 aromatic carbocycles. The van der Waals surface area contributed by atoms with E-state index in [2.05, 4.69) is 5.32 Å². The van der Waals surface area contributed by atoms with Crippen molar-refractivity contribution in [3.63, 3.8) is 0 Å². The lowest BCUT2D eigenvalue weighted by Gasteiger charge is -2.25. The fraction of sp³-hybridized carbons (Fsp3) is 0.417. The number of benzene rings is 1. The predicted molar refractivity (Wildman–Crippen MR) is 72.4 cm³/mol. The first-order valence-corrected chi connectivity index (χ1v) is 7.80. The fourth-order valence-electron chi connectivity index (χ4n) is 2.03. The van der Waals surface area contributed by atoms with Crippen LogP contribution in [0.3, 0.4) is 0 Å². The van der Waals surface area contributed by atoms with Gasteiger partial charge in [0.15, 0.2) is 0 Å². The molecule has 1 heterocycles. The molecule has 1 atom stereocenters. The van der Waals surface area contributed by atoms with Crippen LogP contribution in [0.25, 0.3) is 0 Å². The van der Waals surface area contributed by atoms with E-state index in [9.17, 15) is 13.2 Å². The third kappa shape index (κ3) is 2.75. The lowest BCUT2D eigenvalue weighted by Crippen LogP contribution is -2.45. The molecule has 1 saturated heterocycles. The van der Waals surface area contributed by atoms with Crippen molar-refractivity contribution in [1.29, 1.82) is 0 Å². The number of nitrogens with one attached hydrogen (secondary N) is 1. The Kier molecular flexibility index (Phi) is 4.13. The van der Waals surface area contributed by atoms with Crippen molar-refractivity contribution in [3.05, 3.63) is 29.3 Å². The van der Waals surface area contributed by atoms with E-state index < -0.39 is 16.1 Å². The summed E-state index contributed by atoms with van der Waals surface area (Å²) >= 11 is 5.95. The summed E-state index contributed by atoms with van der Waals surface area (Å²) < 4.78 is 26.4. The molecule has 2 rings (SSSR count). The van der Waals surface area contributed by atoms with Crippen LogP contribution in [0.15, 0.2) is 29.2 Å². The van der Waals surface area contributed by atoms with Gasteiger partial charge in [-0.1, -0.05) is 23.7 Å². The van der Waals surface area contributed by atoms with Gasteiger partial charge in [0.25, 0.3) is 0 Å². The minimum atomic E-state index is -3.76. The minimum absolute atomic E-state index is 0.0400. The van der Waals surface area contributed by atoms with Crippen LogP contribution in [0.4, 0.5) is 0 Å². The van der Waals surface area contributed by atoms with Crippen LogP contribution in [0.1, 0.15) is 13.3 Å². The Morgan fingerprint density at radius 2 is 2.05 bits per heavy atom. The van der Waals surface area contributed by atoms with Crippen molar-refractivity contribution in [1.82, 2.24) is 9.62 Å². The van der Waals surface area contributed by atoms with Crippen molar-refractivity contribution in [2.45, 2.75) is 24.3 Å². The summed E-state index contributed by atoms with van der Waals surface area (Å²) in [6.45, 7) is 2.36. The molecule has 1 aliphatic rings. The Labute approximate surface area is 117 Å². The number of sulfonamides is 1. The largest absolute Gasteiger partial charge is 0.355 e. The molecule has 0 spiro atoms. The molecular weight excluding hydrogens is 288 g/mol. The Balaban J connectivity index is 2.44. The van der Waals surface area contributed by atoms with Crippen molar-refractivity contribution >= 4 is 27.5 Å². The lowest BCUT2D eigenvalue weighted by molar-refractivity contribution is -0.123. The van der Waals surface area contributed by atoms with Gasteiger partial charge in [-0.15, -0.1) is 0 Å². The standard InChI is InChI=1S/C12H15ClN2O3S/c1-9-12(16)14-7-4-8-15(9)19(17,18)11-6-3-2-5-10(11)13/h2-3,5-6,9H,4,7-8H2,1H3,(H,14,16). The van der Waals surface area contributed by atoms with Crippen LogP contribution in [0, 0.1) is 0 Å². The van der Waals surface area contributed by atoms with Gasteiger partial charge in [0.1, 0.15) is 10.9 Å². The quantitative estimate of drug-likeness (QED) is 0.894. The van der Waals surface area contributed by atoms with Gasteiger partial charge in [0, 0.05) is 13.1 Å². The minimum Gasteiger partial charge on any atom is -0.355 e. The molecule has 104 valence electrons. The van der Waals surface area contributed by atoms with Gasteiger partial charge in [-0.05, 0) is 25.5 Å². The van der Waals surface area contributed by atoms with E-state index in [1.165, 1.54) is 16.4 Å². The van der Waals surface area contributed by atoms with Gasteiger partial charge in [-0.3, -0.25) is 4.79 Å². The van der Waals surface area contributed by atoms with Gasteiger partial charge in [-0.25, -0.2) is 8.42 Å². The summed E-state index contributed by atoms with van der Waals surface area (Å²) in [5.41, 5.74) is 0. The van der Waals surface area contributed by atoms with Gasteiger partial charge >= 0.3 is 0 Å². The van der Waals surface area contributed by atoms with Crippen LogP contribution in [-0.2, 0) is 14.8 Å². The van der Waals surface area contributed by atoms with Gasteiger partial charge < -0.3 is 5.32 Å². The second kappa shape index (κ2) is 5.48. The SMILES string of the molecule is CC1C(=O)NCCCN1S(=O)(=O)c1ccccc1Cl. The van der Waals surface area contributed by atoms with E-state index in [0.717, 1.165) is 0 Å². The van der Waals surface area contributed by atoms with E-state index >= 15 is 0 Å². The lowest BCUT2D eigenvalue weighted by atomic mass is 10.3. The third-order valence-electron chi connectivity index (χ3n) is 3.09. The Morgan fingerprint density at radius 3 is 2.74 bits per heavy atom. The zero-order valence-electron chi connectivity index (χ0n) is 10.5. The van der Waals surface area contributed by atoms with E-state index in [-0.39, 0.29) is 15.8 Å². The number of hydrogen-bond donors (Lipinski definition) is 1. The number of carbonyl (C=O) groups excluding carboxylic acids is 1. The average Bonchev–Trinajstić information content (AvgIpc) is 2.53. The zero-order valence-corrected chi connectivity index (χ0v) is 12.0. The predicted octanol–water partition coefficient (Wildman–Crippen LogP) is 1.24. The molecule has 0 aromatic heterocycles. The monoisotopic (exact) mass is 302 g/mol. The summed E-state index contributed by atoms with van der Waals surface area (Å²) in [4.78, 5) is 11.8. The summed E-state index contributed by atoms with van der Waals surface area (Å²) in [5.74, 6) is -0.284. The number of rotatable bonds is 2. The Morgan fingerprint density at radius 1 is 1.37 bits per heavy atom. The number of hydrogen-bond acceptors (Lipinski definition) is 3. The second-order valence-corrected chi connectivity index (χ2v) is 6.63. The van der Waals surface area contributed by atoms with E-state index in [0.29, 0.717) is 19.5 Å². The highest BCUT2D eigenvalue weighted by Crippen LogP contribution is 2.26. The van der Waals surface area contributed by atoms with Crippen molar-refractivity contribution < 1.29 is 13.2 Å². The summed E-state index contributed by atoms with van der Waals surface area (Å²) in [6.07, 6.45) is 0.583. The first kappa shape index (κ1) is 14.3. The molecule has 0 saturated carbocycles. The van der Waals surface area contributed by atoms with Crippen LogP contribution in [-0.4, -0.2) is 37.8 Å². The maximum absolute atomic E-state index is 12.6. The highest BCUT2D eigenvalue weighted by Gasteiger charge is 2.35. The molecule has 19 heavy (non-hydrogen) atoms. The molecule has 1 aromatic rings. The van der Waals surface area contributed by atoms with Gasteiger partial charge in [0.2, 0.25) is 15.9 Å². The molecule has 1 unspecified atom stereocenters. The second-order valence-electron chi connectivity index (χ2n) is 4.37. The third-order valence-corrected chi connectivity index (χ3v) is 5.56. The smallest absolute Gasteiger partial charge is 0.245 e. The summed E-state index contributed by atoms with van der Waals surface area (Å²) in [5, 5.41) is 2.85. The molecule has 7 heteroatoms. The maximum Gasteiger partial charge on any atom is 0.245 e. The van der Waals surface area contributed by atoms with Gasteiger partial charge in [-0.2, -0.15) is 4.31 Å². The van der Waals surface area contributed by atoms with Crippen molar-refractivity contribution in [3.8, 4) is 0 Å². The van der Waals surface area contributed by atoms with E-state index in [4.69, 9.17) is 11.6 Å². The molecule has 0 bridgehead atoms. The Hall–Kier alpha value is -1.11. The first-order chi connectivity index (χ1) is 8.94. The van der Waals surface area contributed by atoms with E-state index in [1.807, 2.05) is 0 Å². The molecule has 5 nitrogen and oxygen atoms in total. The number of carbonyl (C=O) groups is 1. The normalized spacial score (nSPS) is 21.8. The number of nitrogens with zero attached hydrogens (tertiary/aromatic N) is 1. The van der Waals surface area contributed by atoms with Gasteiger partial charge in [0.05, 0.1) is 5.02 Å². The highest BCUT2D eigenvalue weighted by atomic mass is 35.5. The maximum atomic E-state index is 12.6.